The van der Waals surface area contributed by atoms with Gasteiger partial charge in [0, 0.05) is 13.1 Å². The van der Waals surface area contributed by atoms with Gasteiger partial charge in [-0.3, -0.25) is 14.3 Å². The Morgan fingerprint density at radius 1 is 1.42 bits per heavy atom. The first-order chi connectivity index (χ1) is 11.4. The summed E-state index contributed by atoms with van der Waals surface area (Å²) in [7, 11) is 0. The van der Waals surface area contributed by atoms with Crippen LogP contribution in [0.5, 0.6) is 0 Å². The second-order valence-electron chi connectivity index (χ2n) is 6.95. The number of para-hydroxylation sites is 1. The van der Waals surface area contributed by atoms with Gasteiger partial charge < -0.3 is 4.74 Å². The van der Waals surface area contributed by atoms with Crippen molar-refractivity contribution in [3.63, 3.8) is 0 Å². The maximum Gasteiger partial charge on any atom is 0.262 e. The molecule has 1 saturated heterocycles. The molecule has 0 amide bonds. The van der Waals surface area contributed by atoms with Crippen LogP contribution in [0.15, 0.2) is 29.1 Å². The first-order valence-electron chi connectivity index (χ1n) is 8.15. The van der Waals surface area contributed by atoms with Crippen LogP contribution in [0, 0.1) is 11.3 Å². The highest BCUT2D eigenvalue weighted by Gasteiger charge is 2.31. The van der Waals surface area contributed by atoms with Gasteiger partial charge in [0.1, 0.15) is 12.4 Å². The molecule has 1 aromatic heterocycles. The number of morpholine rings is 1. The predicted octanol–water partition coefficient (Wildman–Crippen LogP) is 1.92. The molecule has 6 nitrogen and oxygen atoms in total. The van der Waals surface area contributed by atoms with E-state index in [0.717, 1.165) is 13.1 Å². The molecule has 2 aromatic rings. The van der Waals surface area contributed by atoms with Crippen LogP contribution in [0.2, 0.25) is 0 Å². The van der Waals surface area contributed by atoms with Crippen molar-refractivity contribution in [2.24, 2.45) is 0 Å². The van der Waals surface area contributed by atoms with E-state index < -0.39 is 0 Å². The molecule has 0 radical (unpaired) electrons. The van der Waals surface area contributed by atoms with Crippen molar-refractivity contribution in [2.45, 2.75) is 45.6 Å². The topological polar surface area (TPSA) is 71.2 Å². The molecule has 126 valence electrons. The van der Waals surface area contributed by atoms with Crippen LogP contribution in [0.4, 0.5) is 0 Å². The molecule has 2 heterocycles. The number of hydrogen-bond acceptors (Lipinski definition) is 5. The zero-order chi connectivity index (χ0) is 17.3. The van der Waals surface area contributed by atoms with Crippen LogP contribution < -0.4 is 5.56 Å². The lowest BCUT2D eigenvalue weighted by molar-refractivity contribution is -0.131. The second-order valence-corrected chi connectivity index (χ2v) is 6.95. The molecule has 1 atom stereocenters. The third-order valence-electron chi connectivity index (χ3n) is 4.17. The van der Waals surface area contributed by atoms with E-state index in [0.29, 0.717) is 23.3 Å². The van der Waals surface area contributed by atoms with Crippen molar-refractivity contribution in [1.29, 1.82) is 5.26 Å². The van der Waals surface area contributed by atoms with Crippen molar-refractivity contribution in [1.82, 2.24) is 14.5 Å². The number of ether oxygens (including phenoxy) is 1. The van der Waals surface area contributed by atoms with E-state index >= 15 is 0 Å². The lowest BCUT2D eigenvalue weighted by Crippen LogP contribution is -2.51. The molecule has 24 heavy (non-hydrogen) atoms. The van der Waals surface area contributed by atoms with E-state index in [1.807, 2.05) is 25.1 Å². The summed E-state index contributed by atoms with van der Waals surface area (Å²) in [6.45, 7) is 8.24. The SMILES string of the molecule is C[C@@H]1CN(Cc2nc3ccccc3c(=O)n2CC#N)CC(C)(C)O1. The molecule has 1 aliphatic rings. The van der Waals surface area contributed by atoms with Gasteiger partial charge in [-0.2, -0.15) is 5.26 Å². The zero-order valence-corrected chi connectivity index (χ0v) is 14.3. The van der Waals surface area contributed by atoms with Crippen LogP contribution >= 0.6 is 0 Å². The molecule has 1 aliphatic heterocycles. The first-order valence-corrected chi connectivity index (χ1v) is 8.15. The Labute approximate surface area is 141 Å². The van der Waals surface area contributed by atoms with Crippen LogP contribution in [0.25, 0.3) is 10.9 Å². The number of rotatable bonds is 3. The molecule has 0 unspecified atom stereocenters. The second kappa shape index (κ2) is 6.34. The molecule has 0 aliphatic carbocycles. The Kier molecular flexibility index (Phi) is 4.39. The fraction of sp³-hybridized carbons (Fsp3) is 0.500. The standard InChI is InChI=1S/C18H22N4O2/c1-13-10-21(12-18(2,3)24-13)11-16-20-15-7-5-4-6-14(15)17(23)22(16)9-8-19/h4-7,13H,9-12H2,1-3H3/t13-/m1/s1. The largest absolute Gasteiger partial charge is 0.370 e. The van der Waals surface area contributed by atoms with E-state index in [-0.39, 0.29) is 23.8 Å². The Morgan fingerprint density at radius 2 is 2.17 bits per heavy atom. The highest BCUT2D eigenvalue weighted by atomic mass is 16.5. The highest BCUT2D eigenvalue weighted by molar-refractivity contribution is 5.77. The number of hydrogen-bond donors (Lipinski definition) is 0. The monoisotopic (exact) mass is 326 g/mol. The number of benzene rings is 1. The summed E-state index contributed by atoms with van der Waals surface area (Å²) >= 11 is 0. The van der Waals surface area contributed by atoms with Gasteiger partial charge in [-0.15, -0.1) is 0 Å². The minimum atomic E-state index is -0.241. The van der Waals surface area contributed by atoms with Crippen molar-refractivity contribution in [3.05, 3.63) is 40.4 Å². The molecular formula is C18H22N4O2. The number of aromatic nitrogens is 2. The van der Waals surface area contributed by atoms with E-state index in [1.54, 1.807) is 6.07 Å². The molecule has 1 fully saturated rings. The molecule has 3 rings (SSSR count). The smallest absolute Gasteiger partial charge is 0.262 e. The summed E-state index contributed by atoms with van der Waals surface area (Å²) in [6, 6.07) is 9.34. The van der Waals surface area contributed by atoms with Gasteiger partial charge in [0.2, 0.25) is 0 Å². The zero-order valence-electron chi connectivity index (χ0n) is 14.3. The number of fused-ring (bicyclic) bond motifs is 1. The van der Waals surface area contributed by atoms with E-state index in [2.05, 4.69) is 29.8 Å². The Bertz CT molecular complexity index is 850. The summed E-state index contributed by atoms with van der Waals surface area (Å²) in [6.07, 6.45) is 0.116. The summed E-state index contributed by atoms with van der Waals surface area (Å²) in [5.74, 6) is 0.630. The maximum atomic E-state index is 12.7. The van der Waals surface area contributed by atoms with E-state index in [4.69, 9.17) is 10.00 Å². The predicted molar refractivity (Wildman–Crippen MR) is 91.5 cm³/mol. The molecule has 0 bridgehead atoms. The average Bonchev–Trinajstić information content (AvgIpc) is 2.49. The van der Waals surface area contributed by atoms with Gasteiger partial charge in [-0.25, -0.2) is 4.98 Å². The van der Waals surface area contributed by atoms with Gasteiger partial charge in [0.25, 0.3) is 5.56 Å². The summed E-state index contributed by atoms with van der Waals surface area (Å²) < 4.78 is 7.41. The maximum absolute atomic E-state index is 12.7. The van der Waals surface area contributed by atoms with Crippen LogP contribution in [0.3, 0.4) is 0 Å². The van der Waals surface area contributed by atoms with Gasteiger partial charge in [0.15, 0.2) is 0 Å². The summed E-state index contributed by atoms with van der Waals surface area (Å²) in [5, 5.41) is 9.65. The fourth-order valence-corrected chi connectivity index (χ4v) is 3.47. The minimum Gasteiger partial charge on any atom is -0.370 e. The first kappa shape index (κ1) is 16.6. The van der Waals surface area contributed by atoms with Crippen molar-refractivity contribution >= 4 is 10.9 Å². The number of nitriles is 1. The Morgan fingerprint density at radius 3 is 2.88 bits per heavy atom. The molecule has 1 aromatic carbocycles. The van der Waals surface area contributed by atoms with E-state index in [9.17, 15) is 4.79 Å². The lowest BCUT2D eigenvalue weighted by atomic mass is 10.1. The lowest BCUT2D eigenvalue weighted by Gasteiger charge is -2.41. The third kappa shape index (κ3) is 3.32. The molecule has 0 N–H and O–H groups in total. The summed E-state index contributed by atoms with van der Waals surface area (Å²) in [5.41, 5.74) is 0.277. The fourth-order valence-electron chi connectivity index (χ4n) is 3.47. The third-order valence-corrected chi connectivity index (χ3v) is 4.17. The van der Waals surface area contributed by atoms with Crippen molar-refractivity contribution in [3.8, 4) is 6.07 Å². The van der Waals surface area contributed by atoms with Gasteiger partial charge in [-0.1, -0.05) is 12.1 Å². The van der Waals surface area contributed by atoms with Crippen molar-refractivity contribution < 1.29 is 4.74 Å². The average molecular weight is 326 g/mol. The molecule has 6 heteroatoms. The van der Waals surface area contributed by atoms with Gasteiger partial charge >= 0.3 is 0 Å². The normalized spacial score (nSPS) is 20.8. The number of nitrogens with zero attached hydrogens (tertiary/aromatic N) is 4. The van der Waals surface area contributed by atoms with E-state index in [1.165, 1.54) is 4.57 Å². The molecule has 0 spiro atoms. The Balaban J connectivity index is 2.01. The van der Waals surface area contributed by atoms with Gasteiger partial charge in [-0.05, 0) is 32.9 Å². The van der Waals surface area contributed by atoms with Crippen LogP contribution in [-0.2, 0) is 17.8 Å². The molecule has 0 saturated carbocycles. The van der Waals surface area contributed by atoms with Gasteiger partial charge in [0.05, 0.1) is 35.2 Å². The van der Waals surface area contributed by atoms with Crippen LogP contribution in [-0.4, -0.2) is 39.2 Å². The van der Waals surface area contributed by atoms with Crippen LogP contribution in [0.1, 0.15) is 26.6 Å². The van der Waals surface area contributed by atoms with Crippen molar-refractivity contribution in [2.75, 3.05) is 13.1 Å². The molecular weight excluding hydrogens is 304 g/mol. The Hall–Kier alpha value is -2.23. The minimum absolute atomic E-state index is 0.00921. The quantitative estimate of drug-likeness (QED) is 0.862. The highest BCUT2D eigenvalue weighted by Crippen LogP contribution is 2.22. The summed E-state index contributed by atoms with van der Waals surface area (Å²) in [4.78, 5) is 19.6.